The largest absolute Gasteiger partial charge is 0.481 e. The Balaban J connectivity index is 1.74. The highest BCUT2D eigenvalue weighted by Crippen LogP contribution is 2.36. The van der Waals surface area contributed by atoms with Gasteiger partial charge in [0.05, 0.1) is 12.8 Å². The maximum atomic E-state index is 11.2. The smallest absolute Gasteiger partial charge is 0.307 e. The fourth-order valence-corrected chi connectivity index (χ4v) is 3.80. The average molecular weight is 437 g/mol. The summed E-state index contributed by atoms with van der Waals surface area (Å²) < 4.78 is 0. The summed E-state index contributed by atoms with van der Waals surface area (Å²) in [5.41, 5.74) is 6.22. The maximum Gasteiger partial charge on any atom is 0.307 e. The predicted molar refractivity (Wildman–Crippen MR) is 129 cm³/mol. The van der Waals surface area contributed by atoms with Gasteiger partial charge in [0.25, 0.3) is 0 Å². The summed E-state index contributed by atoms with van der Waals surface area (Å²) in [6.07, 6.45) is -0.105. The number of hydrogen-bond donors (Lipinski definition) is 2. The van der Waals surface area contributed by atoms with Gasteiger partial charge in [-0.1, -0.05) is 66.7 Å². The van der Waals surface area contributed by atoms with Crippen LogP contribution in [0.4, 0.5) is 17.1 Å². The molecule has 4 rings (SSSR count). The number of aliphatic carboxylic acids is 2. The SMILES string of the molecule is O=C(O)Cc1ccc(N(c2ccc(-c3ccccc3)cc2)c2cccc(CC(=O)O)c2)cc1. The van der Waals surface area contributed by atoms with Crippen LogP contribution >= 0.6 is 0 Å². The van der Waals surface area contributed by atoms with Crippen LogP contribution in [0.2, 0.25) is 0 Å². The van der Waals surface area contributed by atoms with Crippen LogP contribution in [0.1, 0.15) is 11.1 Å². The highest BCUT2D eigenvalue weighted by molar-refractivity contribution is 5.80. The van der Waals surface area contributed by atoms with Crippen LogP contribution in [0.15, 0.2) is 103 Å². The lowest BCUT2D eigenvalue weighted by Crippen LogP contribution is -2.11. The number of nitrogens with zero attached hydrogens (tertiary/aromatic N) is 1. The fourth-order valence-electron chi connectivity index (χ4n) is 3.80. The van der Waals surface area contributed by atoms with Crippen LogP contribution in [-0.4, -0.2) is 22.2 Å². The number of hydrogen-bond acceptors (Lipinski definition) is 3. The zero-order valence-electron chi connectivity index (χ0n) is 17.9. The monoisotopic (exact) mass is 437 g/mol. The summed E-state index contributed by atoms with van der Waals surface area (Å²) in [5.74, 6) is -1.76. The van der Waals surface area contributed by atoms with Gasteiger partial charge >= 0.3 is 11.9 Å². The molecule has 0 aliphatic heterocycles. The first kappa shape index (κ1) is 21.8. The molecule has 0 atom stereocenters. The highest BCUT2D eigenvalue weighted by atomic mass is 16.4. The fraction of sp³-hybridized carbons (Fsp3) is 0.0714. The van der Waals surface area contributed by atoms with Crippen LogP contribution in [0.5, 0.6) is 0 Å². The molecule has 4 aromatic rings. The van der Waals surface area contributed by atoms with E-state index in [1.807, 2.05) is 65.6 Å². The van der Waals surface area contributed by atoms with Gasteiger partial charge < -0.3 is 15.1 Å². The second-order valence-corrected chi connectivity index (χ2v) is 7.73. The van der Waals surface area contributed by atoms with Crippen LogP contribution in [0, 0.1) is 0 Å². The van der Waals surface area contributed by atoms with Gasteiger partial charge in [-0.25, -0.2) is 0 Å². The van der Waals surface area contributed by atoms with Gasteiger partial charge in [0.15, 0.2) is 0 Å². The standard InChI is InChI=1S/C28H23NO4/c30-27(31)18-20-9-13-24(14-10-20)29(26-8-4-5-21(17-26)19-28(32)33)25-15-11-23(12-16-25)22-6-2-1-3-7-22/h1-17H,18-19H2,(H,30,31)(H,32,33). The Morgan fingerprint density at radius 3 is 1.70 bits per heavy atom. The molecule has 0 radical (unpaired) electrons. The summed E-state index contributed by atoms with van der Waals surface area (Å²) in [6.45, 7) is 0. The molecule has 4 aromatic carbocycles. The molecule has 2 N–H and O–H groups in total. The minimum Gasteiger partial charge on any atom is -0.481 e. The van der Waals surface area contributed by atoms with Crippen molar-refractivity contribution in [2.45, 2.75) is 12.8 Å². The van der Waals surface area contributed by atoms with Crippen molar-refractivity contribution in [1.82, 2.24) is 0 Å². The first-order valence-corrected chi connectivity index (χ1v) is 10.6. The molecule has 0 aromatic heterocycles. The lowest BCUT2D eigenvalue weighted by molar-refractivity contribution is -0.137. The number of carboxylic acids is 2. The first-order chi connectivity index (χ1) is 16.0. The Morgan fingerprint density at radius 1 is 0.545 bits per heavy atom. The van der Waals surface area contributed by atoms with E-state index in [9.17, 15) is 14.7 Å². The Labute approximate surface area is 192 Å². The molecule has 0 heterocycles. The molecule has 0 fully saturated rings. The number of carboxylic acid groups (broad SMARTS) is 2. The molecule has 5 heteroatoms. The third kappa shape index (κ3) is 5.46. The van der Waals surface area contributed by atoms with E-state index in [1.165, 1.54) is 0 Å². The van der Waals surface area contributed by atoms with Crippen molar-refractivity contribution in [2.24, 2.45) is 0 Å². The summed E-state index contributed by atoms with van der Waals surface area (Å²) >= 11 is 0. The van der Waals surface area contributed by atoms with E-state index in [1.54, 1.807) is 18.2 Å². The van der Waals surface area contributed by atoms with Gasteiger partial charge in [0, 0.05) is 17.1 Å². The van der Waals surface area contributed by atoms with Crippen LogP contribution < -0.4 is 4.90 Å². The molecule has 0 unspecified atom stereocenters. The molecule has 0 bridgehead atoms. The van der Waals surface area contributed by atoms with Crippen molar-refractivity contribution >= 4 is 29.0 Å². The topological polar surface area (TPSA) is 77.8 Å². The van der Waals surface area contributed by atoms with E-state index in [0.29, 0.717) is 11.1 Å². The molecule has 33 heavy (non-hydrogen) atoms. The molecular weight excluding hydrogens is 414 g/mol. The van der Waals surface area contributed by atoms with Crippen LogP contribution in [-0.2, 0) is 22.4 Å². The predicted octanol–water partition coefficient (Wildman–Crippen LogP) is 6.08. The van der Waals surface area contributed by atoms with E-state index in [4.69, 9.17) is 5.11 Å². The van der Waals surface area contributed by atoms with Crippen LogP contribution in [0.25, 0.3) is 11.1 Å². The van der Waals surface area contributed by atoms with Gasteiger partial charge in [-0.05, 0) is 58.7 Å². The zero-order valence-corrected chi connectivity index (χ0v) is 17.9. The minimum absolute atomic E-state index is 0.0415. The van der Waals surface area contributed by atoms with Gasteiger partial charge in [0.2, 0.25) is 0 Å². The number of benzene rings is 4. The lowest BCUT2D eigenvalue weighted by atomic mass is 10.0. The molecule has 0 aliphatic carbocycles. The van der Waals surface area contributed by atoms with Crippen LogP contribution in [0.3, 0.4) is 0 Å². The van der Waals surface area contributed by atoms with Crippen molar-refractivity contribution < 1.29 is 19.8 Å². The third-order valence-electron chi connectivity index (χ3n) is 5.31. The number of carbonyl (C=O) groups is 2. The maximum absolute atomic E-state index is 11.2. The summed E-state index contributed by atoms with van der Waals surface area (Å²) in [6, 6.07) is 33.1. The second kappa shape index (κ2) is 9.83. The summed E-state index contributed by atoms with van der Waals surface area (Å²) in [7, 11) is 0. The number of rotatable bonds is 8. The lowest BCUT2D eigenvalue weighted by Gasteiger charge is -2.26. The molecule has 0 aliphatic rings. The molecule has 0 saturated carbocycles. The Bertz CT molecular complexity index is 1250. The van der Waals surface area contributed by atoms with Crippen molar-refractivity contribution in [2.75, 3.05) is 4.90 Å². The molecule has 164 valence electrons. The Kier molecular flexibility index (Phi) is 6.51. The first-order valence-electron chi connectivity index (χ1n) is 10.6. The van der Waals surface area contributed by atoms with Gasteiger partial charge in [0.1, 0.15) is 0 Å². The van der Waals surface area contributed by atoms with Crippen molar-refractivity contribution in [3.8, 4) is 11.1 Å². The van der Waals surface area contributed by atoms with E-state index in [0.717, 1.165) is 28.2 Å². The average Bonchev–Trinajstić information content (AvgIpc) is 2.81. The van der Waals surface area contributed by atoms with E-state index in [-0.39, 0.29) is 12.8 Å². The van der Waals surface area contributed by atoms with Gasteiger partial charge in [-0.2, -0.15) is 0 Å². The summed E-state index contributed by atoms with van der Waals surface area (Å²) in [4.78, 5) is 24.3. The Hall–Kier alpha value is -4.38. The molecular formula is C28H23NO4. The van der Waals surface area contributed by atoms with E-state index < -0.39 is 11.9 Å². The molecule has 0 amide bonds. The third-order valence-corrected chi connectivity index (χ3v) is 5.31. The van der Waals surface area contributed by atoms with E-state index >= 15 is 0 Å². The second-order valence-electron chi connectivity index (χ2n) is 7.73. The van der Waals surface area contributed by atoms with Crippen molar-refractivity contribution in [3.63, 3.8) is 0 Å². The molecule has 0 spiro atoms. The normalized spacial score (nSPS) is 10.5. The minimum atomic E-state index is -0.885. The van der Waals surface area contributed by atoms with Gasteiger partial charge in [-0.15, -0.1) is 0 Å². The Morgan fingerprint density at radius 2 is 1.09 bits per heavy atom. The zero-order chi connectivity index (χ0) is 23.2. The van der Waals surface area contributed by atoms with Gasteiger partial charge in [-0.3, -0.25) is 9.59 Å². The van der Waals surface area contributed by atoms with Crippen molar-refractivity contribution in [1.29, 1.82) is 0 Å². The molecule has 5 nitrogen and oxygen atoms in total. The quantitative estimate of drug-likeness (QED) is 0.349. The molecule has 0 saturated heterocycles. The number of anilines is 3. The summed E-state index contributed by atoms with van der Waals surface area (Å²) in [5, 5.41) is 18.3. The van der Waals surface area contributed by atoms with E-state index in [2.05, 4.69) is 24.3 Å². The highest BCUT2D eigenvalue weighted by Gasteiger charge is 2.14. The van der Waals surface area contributed by atoms with Crippen molar-refractivity contribution in [3.05, 3.63) is 114 Å².